The normalized spacial score (nSPS) is 11.1. The van der Waals surface area contributed by atoms with Crippen molar-refractivity contribution in [1.29, 1.82) is 0 Å². The van der Waals surface area contributed by atoms with Gasteiger partial charge in [-0.3, -0.25) is 4.79 Å². The van der Waals surface area contributed by atoms with Crippen molar-refractivity contribution < 1.29 is 20.1 Å². The molecule has 6 nitrogen and oxygen atoms in total. The Bertz CT molecular complexity index is 457. The molecule has 0 aliphatic heterocycles. The van der Waals surface area contributed by atoms with E-state index >= 15 is 0 Å². The van der Waals surface area contributed by atoms with Crippen LogP contribution in [0.5, 0.6) is 17.2 Å². The molecule has 90 valence electrons. The van der Waals surface area contributed by atoms with Crippen LogP contribution in [0.3, 0.4) is 0 Å². The van der Waals surface area contributed by atoms with Crippen LogP contribution in [0.2, 0.25) is 0 Å². The number of phenolic OH excluding ortho intramolecular Hbond substituents is 3. The van der Waals surface area contributed by atoms with Crippen LogP contribution in [0.1, 0.15) is 17.3 Å². The summed E-state index contributed by atoms with van der Waals surface area (Å²) in [7, 11) is 0. The van der Waals surface area contributed by atoms with Crippen molar-refractivity contribution in [3.8, 4) is 17.2 Å². The third-order valence-electron chi connectivity index (χ3n) is 1.85. The minimum Gasteiger partial charge on any atom is -0.504 e. The quantitative estimate of drug-likeness (QED) is 0.358. The van der Waals surface area contributed by atoms with E-state index in [1.807, 2.05) is 0 Å². The van der Waals surface area contributed by atoms with Crippen molar-refractivity contribution in [3.63, 3.8) is 0 Å². The third kappa shape index (κ3) is 3.23. The largest absolute Gasteiger partial charge is 0.504 e. The predicted molar refractivity (Wildman–Crippen MR) is 62.2 cm³/mol. The molecule has 1 rings (SSSR count). The van der Waals surface area contributed by atoms with Crippen molar-refractivity contribution >= 4 is 12.1 Å². The molecule has 0 bridgehead atoms. The maximum absolute atomic E-state index is 11.5. The lowest BCUT2D eigenvalue weighted by Crippen LogP contribution is -2.17. The van der Waals surface area contributed by atoms with E-state index in [2.05, 4.69) is 10.5 Å². The maximum atomic E-state index is 11.5. The molecule has 4 N–H and O–H groups in total. The number of carbonyl (C=O) groups excluding carboxylic acids is 1. The fourth-order valence-electron chi connectivity index (χ4n) is 1.02. The number of amides is 1. The maximum Gasteiger partial charge on any atom is 0.271 e. The van der Waals surface area contributed by atoms with Gasteiger partial charge in [0.2, 0.25) is 0 Å². The van der Waals surface area contributed by atoms with E-state index in [9.17, 15) is 15.0 Å². The van der Waals surface area contributed by atoms with Crippen LogP contribution in [0.4, 0.5) is 0 Å². The van der Waals surface area contributed by atoms with Crippen LogP contribution in [-0.2, 0) is 0 Å². The summed E-state index contributed by atoms with van der Waals surface area (Å²) < 4.78 is 0. The van der Waals surface area contributed by atoms with Crippen molar-refractivity contribution in [1.82, 2.24) is 5.43 Å². The Balaban J connectivity index is 2.83. The zero-order chi connectivity index (χ0) is 12.8. The molecule has 1 aromatic rings. The summed E-state index contributed by atoms with van der Waals surface area (Å²) in [5.74, 6) is -2.43. The van der Waals surface area contributed by atoms with Crippen molar-refractivity contribution in [3.05, 3.63) is 29.8 Å². The summed E-state index contributed by atoms with van der Waals surface area (Å²) in [5.41, 5.74) is 2.16. The highest BCUT2D eigenvalue weighted by Gasteiger charge is 2.12. The summed E-state index contributed by atoms with van der Waals surface area (Å²) in [6.07, 6.45) is 4.72. The lowest BCUT2D eigenvalue weighted by Gasteiger charge is -2.04. The van der Waals surface area contributed by atoms with Gasteiger partial charge in [0.1, 0.15) is 0 Å². The van der Waals surface area contributed by atoms with Crippen molar-refractivity contribution in [2.24, 2.45) is 5.10 Å². The molecule has 0 saturated heterocycles. The first kappa shape index (κ1) is 12.6. The Morgan fingerprint density at radius 1 is 1.29 bits per heavy atom. The molecule has 0 spiro atoms. The minimum absolute atomic E-state index is 0.0181. The predicted octanol–water partition coefficient (Wildman–Crippen LogP) is 1.10. The molecule has 1 amide bonds. The number of aromatic hydroxyl groups is 3. The highest BCUT2D eigenvalue weighted by Crippen LogP contribution is 2.35. The molecule has 0 aromatic heterocycles. The van der Waals surface area contributed by atoms with Crippen LogP contribution in [-0.4, -0.2) is 27.4 Å². The number of benzene rings is 1. The van der Waals surface area contributed by atoms with Crippen LogP contribution >= 0.6 is 0 Å². The van der Waals surface area contributed by atoms with Gasteiger partial charge in [-0.05, 0) is 25.1 Å². The van der Waals surface area contributed by atoms with Crippen LogP contribution < -0.4 is 5.43 Å². The second-order valence-electron chi connectivity index (χ2n) is 3.11. The number of hydrogen-bond donors (Lipinski definition) is 4. The summed E-state index contributed by atoms with van der Waals surface area (Å²) >= 11 is 0. The van der Waals surface area contributed by atoms with Gasteiger partial charge in [0, 0.05) is 11.8 Å². The topological polar surface area (TPSA) is 102 Å². The minimum atomic E-state index is -0.668. The average molecular weight is 236 g/mol. The molecule has 0 fully saturated rings. The lowest BCUT2D eigenvalue weighted by atomic mass is 10.2. The van der Waals surface area contributed by atoms with Crippen LogP contribution in [0.15, 0.2) is 29.4 Å². The smallest absolute Gasteiger partial charge is 0.271 e. The summed E-state index contributed by atoms with van der Waals surface area (Å²) in [4.78, 5) is 11.5. The Morgan fingerprint density at radius 2 is 1.88 bits per heavy atom. The van der Waals surface area contributed by atoms with Crippen LogP contribution in [0.25, 0.3) is 0 Å². The molecule has 17 heavy (non-hydrogen) atoms. The highest BCUT2D eigenvalue weighted by atomic mass is 16.3. The molecule has 0 aliphatic carbocycles. The number of hydrazone groups is 1. The second kappa shape index (κ2) is 5.55. The monoisotopic (exact) mass is 236 g/mol. The van der Waals surface area contributed by atoms with Gasteiger partial charge >= 0.3 is 0 Å². The SMILES string of the molecule is CC=CC=NNC(=O)c1cc(O)c(O)c(O)c1. The number of allylic oxidation sites excluding steroid dienone is 2. The number of phenols is 3. The Labute approximate surface area is 97.5 Å². The number of rotatable bonds is 3. The van der Waals surface area contributed by atoms with E-state index in [1.54, 1.807) is 19.1 Å². The molecule has 0 aliphatic rings. The number of nitrogens with one attached hydrogen (secondary N) is 1. The van der Waals surface area contributed by atoms with Gasteiger partial charge in [-0.1, -0.05) is 6.08 Å². The van der Waals surface area contributed by atoms with E-state index in [1.165, 1.54) is 6.21 Å². The lowest BCUT2D eigenvalue weighted by molar-refractivity contribution is 0.0954. The Hall–Kier alpha value is -2.50. The number of carbonyl (C=O) groups is 1. The first-order chi connectivity index (χ1) is 8.06. The molecular weight excluding hydrogens is 224 g/mol. The molecule has 6 heteroatoms. The number of hydrogen-bond acceptors (Lipinski definition) is 5. The van der Waals surface area contributed by atoms with E-state index < -0.39 is 23.2 Å². The fraction of sp³-hybridized carbons (Fsp3) is 0.0909. The van der Waals surface area contributed by atoms with E-state index in [4.69, 9.17) is 5.11 Å². The Kier molecular flexibility index (Phi) is 4.10. The molecule has 0 atom stereocenters. The Morgan fingerprint density at radius 3 is 2.41 bits per heavy atom. The zero-order valence-electron chi connectivity index (χ0n) is 9.08. The highest BCUT2D eigenvalue weighted by molar-refractivity contribution is 5.95. The molecule has 1 aromatic carbocycles. The van der Waals surface area contributed by atoms with Gasteiger partial charge in [-0.2, -0.15) is 5.10 Å². The van der Waals surface area contributed by atoms with E-state index in [0.717, 1.165) is 12.1 Å². The first-order valence-corrected chi connectivity index (χ1v) is 4.76. The van der Waals surface area contributed by atoms with Gasteiger partial charge in [-0.15, -0.1) is 0 Å². The summed E-state index contributed by atoms with van der Waals surface area (Å²) in [6, 6.07) is 2.05. The zero-order valence-corrected chi connectivity index (χ0v) is 9.08. The van der Waals surface area contributed by atoms with Gasteiger partial charge in [-0.25, -0.2) is 5.43 Å². The van der Waals surface area contributed by atoms with Crippen molar-refractivity contribution in [2.75, 3.05) is 0 Å². The summed E-state index contributed by atoms with van der Waals surface area (Å²) in [5, 5.41) is 31.1. The third-order valence-corrected chi connectivity index (χ3v) is 1.85. The van der Waals surface area contributed by atoms with Crippen molar-refractivity contribution in [2.45, 2.75) is 6.92 Å². The first-order valence-electron chi connectivity index (χ1n) is 4.76. The standard InChI is InChI=1S/C11H12N2O4/c1-2-3-4-12-13-11(17)7-5-8(14)10(16)9(15)6-7/h2-6,14-16H,1H3,(H,13,17). The van der Waals surface area contributed by atoms with E-state index in [0.29, 0.717) is 0 Å². The number of nitrogens with zero attached hydrogens (tertiary/aromatic N) is 1. The molecule has 0 radical (unpaired) electrons. The molecule has 0 unspecified atom stereocenters. The van der Waals surface area contributed by atoms with Gasteiger partial charge < -0.3 is 15.3 Å². The molecule has 0 heterocycles. The average Bonchev–Trinajstić information content (AvgIpc) is 2.30. The van der Waals surface area contributed by atoms with Crippen LogP contribution in [0, 0.1) is 0 Å². The molecule has 0 saturated carbocycles. The molecular formula is C11H12N2O4. The van der Waals surface area contributed by atoms with Gasteiger partial charge in [0.25, 0.3) is 5.91 Å². The van der Waals surface area contributed by atoms with Gasteiger partial charge in [0.15, 0.2) is 17.2 Å². The summed E-state index contributed by atoms with van der Waals surface area (Å²) in [6.45, 7) is 1.80. The second-order valence-corrected chi connectivity index (χ2v) is 3.11. The fourth-order valence-corrected chi connectivity index (χ4v) is 1.02. The van der Waals surface area contributed by atoms with E-state index in [-0.39, 0.29) is 5.56 Å². The van der Waals surface area contributed by atoms with Gasteiger partial charge in [0.05, 0.1) is 0 Å².